The zero-order valence-corrected chi connectivity index (χ0v) is 9.69. The van der Waals surface area contributed by atoms with E-state index < -0.39 is 5.97 Å². The minimum absolute atomic E-state index is 0.0464. The van der Waals surface area contributed by atoms with E-state index in [1.165, 1.54) is 0 Å². The lowest BCUT2D eigenvalue weighted by molar-refractivity contribution is -0.140. The van der Waals surface area contributed by atoms with Crippen LogP contribution in [0.1, 0.15) is 32.6 Å². The molecule has 0 aromatic rings. The standard InChI is InChI=1S/C11H20N2O3/c1-8(12)5-10(14)13-4-2-3-9(7-13)6-11(15)16/h8-9H,2-7,12H2,1H3,(H,15,16). The third-order valence-electron chi connectivity index (χ3n) is 2.83. The minimum Gasteiger partial charge on any atom is -0.481 e. The number of rotatable bonds is 4. The molecule has 0 radical (unpaired) electrons. The number of aliphatic carboxylic acids is 1. The van der Waals surface area contributed by atoms with Gasteiger partial charge in [-0.15, -0.1) is 0 Å². The summed E-state index contributed by atoms with van der Waals surface area (Å²) in [5, 5.41) is 8.71. The van der Waals surface area contributed by atoms with Crippen molar-refractivity contribution in [1.29, 1.82) is 0 Å². The Morgan fingerprint density at radius 3 is 2.81 bits per heavy atom. The normalized spacial score (nSPS) is 22.9. The molecule has 16 heavy (non-hydrogen) atoms. The fourth-order valence-electron chi connectivity index (χ4n) is 2.11. The van der Waals surface area contributed by atoms with Gasteiger partial charge in [-0.2, -0.15) is 0 Å². The Hall–Kier alpha value is -1.10. The number of hydrogen-bond acceptors (Lipinski definition) is 3. The highest BCUT2D eigenvalue weighted by Gasteiger charge is 2.25. The van der Waals surface area contributed by atoms with E-state index in [0.29, 0.717) is 13.0 Å². The van der Waals surface area contributed by atoms with Crippen LogP contribution < -0.4 is 5.73 Å². The highest BCUT2D eigenvalue weighted by Crippen LogP contribution is 2.20. The summed E-state index contributed by atoms with van der Waals surface area (Å²) in [4.78, 5) is 24.1. The number of hydrogen-bond donors (Lipinski definition) is 2. The molecule has 3 N–H and O–H groups in total. The molecule has 1 heterocycles. The summed E-state index contributed by atoms with van der Waals surface area (Å²) in [5.74, 6) is -0.639. The fourth-order valence-corrected chi connectivity index (χ4v) is 2.11. The van der Waals surface area contributed by atoms with Gasteiger partial charge >= 0.3 is 5.97 Å². The maximum absolute atomic E-state index is 11.7. The number of carbonyl (C=O) groups is 2. The largest absolute Gasteiger partial charge is 0.481 e. The topological polar surface area (TPSA) is 83.6 Å². The molecule has 0 bridgehead atoms. The van der Waals surface area contributed by atoms with E-state index >= 15 is 0 Å². The quantitative estimate of drug-likeness (QED) is 0.731. The van der Waals surface area contributed by atoms with E-state index in [1.54, 1.807) is 11.8 Å². The van der Waals surface area contributed by atoms with Crippen LogP contribution in [-0.2, 0) is 9.59 Å². The van der Waals surface area contributed by atoms with Gasteiger partial charge in [0.25, 0.3) is 0 Å². The van der Waals surface area contributed by atoms with Crippen LogP contribution >= 0.6 is 0 Å². The van der Waals surface area contributed by atoms with Gasteiger partial charge in [-0.25, -0.2) is 0 Å². The molecule has 1 amide bonds. The summed E-state index contributed by atoms with van der Waals surface area (Å²) in [6, 6.07) is -0.132. The molecule has 0 aliphatic carbocycles. The zero-order valence-electron chi connectivity index (χ0n) is 9.69. The van der Waals surface area contributed by atoms with Gasteiger partial charge in [-0.05, 0) is 25.7 Å². The first-order valence-electron chi connectivity index (χ1n) is 5.74. The Bertz CT molecular complexity index is 266. The summed E-state index contributed by atoms with van der Waals surface area (Å²) >= 11 is 0. The van der Waals surface area contributed by atoms with Gasteiger partial charge in [-0.1, -0.05) is 0 Å². The SMILES string of the molecule is CC(N)CC(=O)N1CCCC(CC(=O)O)C1. The highest BCUT2D eigenvalue weighted by atomic mass is 16.4. The molecule has 2 unspecified atom stereocenters. The molecule has 5 nitrogen and oxygen atoms in total. The van der Waals surface area contributed by atoms with E-state index in [9.17, 15) is 9.59 Å². The van der Waals surface area contributed by atoms with Crippen LogP contribution in [0.5, 0.6) is 0 Å². The first-order valence-corrected chi connectivity index (χ1v) is 5.74. The van der Waals surface area contributed by atoms with E-state index in [0.717, 1.165) is 19.4 Å². The summed E-state index contributed by atoms with van der Waals surface area (Å²) in [6.07, 6.45) is 2.29. The second kappa shape index (κ2) is 5.84. The first-order chi connectivity index (χ1) is 7.49. The zero-order chi connectivity index (χ0) is 12.1. The third kappa shape index (κ3) is 4.18. The van der Waals surface area contributed by atoms with Crippen LogP contribution in [0.2, 0.25) is 0 Å². The Morgan fingerprint density at radius 1 is 1.56 bits per heavy atom. The Labute approximate surface area is 95.6 Å². The van der Waals surface area contributed by atoms with Gasteiger partial charge in [0.05, 0.1) is 0 Å². The van der Waals surface area contributed by atoms with Crippen LogP contribution in [0.15, 0.2) is 0 Å². The number of carbonyl (C=O) groups excluding carboxylic acids is 1. The number of amides is 1. The van der Waals surface area contributed by atoms with Crippen molar-refractivity contribution in [2.24, 2.45) is 11.7 Å². The summed E-state index contributed by atoms with van der Waals surface area (Å²) < 4.78 is 0. The maximum Gasteiger partial charge on any atom is 0.303 e. The highest BCUT2D eigenvalue weighted by molar-refractivity contribution is 5.77. The van der Waals surface area contributed by atoms with E-state index in [-0.39, 0.29) is 24.3 Å². The van der Waals surface area contributed by atoms with Crippen molar-refractivity contribution in [2.45, 2.75) is 38.6 Å². The molecule has 1 aliphatic heterocycles. The van der Waals surface area contributed by atoms with Crippen LogP contribution in [0.4, 0.5) is 0 Å². The summed E-state index contributed by atoms with van der Waals surface area (Å²) in [6.45, 7) is 3.11. The third-order valence-corrected chi connectivity index (χ3v) is 2.83. The van der Waals surface area contributed by atoms with Crippen molar-refractivity contribution in [3.8, 4) is 0 Å². The lowest BCUT2D eigenvalue weighted by Crippen LogP contribution is -2.42. The van der Waals surface area contributed by atoms with Gasteiger partial charge in [0.1, 0.15) is 0 Å². The number of nitrogens with two attached hydrogens (primary N) is 1. The van der Waals surface area contributed by atoms with E-state index in [4.69, 9.17) is 10.8 Å². The molecule has 1 aliphatic rings. The second-order valence-electron chi connectivity index (χ2n) is 4.63. The van der Waals surface area contributed by atoms with Crippen molar-refractivity contribution < 1.29 is 14.7 Å². The Balaban J connectivity index is 2.43. The van der Waals surface area contributed by atoms with E-state index in [2.05, 4.69) is 0 Å². The van der Waals surface area contributed by atoms with Crippen LogP contribution in [-0.4, -0.2) is 41.0 Å². The number of carboxylic acid groups (broad SMARTS) is 1. The molecule has 0 aromatic heterocycles. The monoisotopic (exact) mass is 228 g/mol. The molecule has 1 saturated heterocycles. The summed E-state index contributed by atoms with van der Waals surface area (Å²) in [5.41, 5.74) is 5.57. The molecule has 92 valence electrons. The number of nitrogens with zero attached hydrogens (tertiary/aromatic N) is 1. The van der Waals surface area contributed by atoms with Crippen molar-refractivity contribution in [2.75, 3.05) is 13.1 Å². The summed E-state index contributed by atoms with van der Waals surface area (Å²) in [7, 11) is 0. The number of likely N-dealkylation sites (tertiary alicyclic amines) is 1. The lowest BCUT2D eigenvalue weighted by atomic mass is 9.94. The average Bonchev–Trinajstić information content (AvgIpc) is 2.16. The molecule has 0 saturated carbocycles. The fraction of sp³-hybridized carbons (Fsp3) is 0.818. The molecular weight excluding hydrogens is 208 g/mol. The molecule has 2 atom stereocenters. The Morgan fingerprint density at radius 2 is 2.25 bits per heavy atom. The van der Waals surface area contributed by atoms with Crippen molar-refractivity contribution in [3.63, 3.8) is 0 Å². The second-order valence-corrected chi connectivity index (χ2v) is 4.63. The molecule has 1 fully saturated rings. The molecule has 0 aromatic carbocycles. The van der Waals surface area contributed by atoms with Gasteiger partial charge < -0.3 is 15.7 Å². The maximum atomic E-state index is 11.7. The van der Waals surface area contributed by atoms with Crippen molar-refractivity contribution >= 4 is 11.9 Å². The van der Waals surface area contributed by atoms with Gasteiger partial charge in [0, 0.05) is 32.0 Å². The van der Waals surface area contributed by atoms with Gasteiger partial charge in [-0.3, -0.25) is 9.59 Å². The predicted octanol–water partition coefficient (Wildman–Crippen LogP) is 0.437. The van der Waals surface area contributed by atoms with Crippen LogP contribution in [0.3, 0.4) is 0 Å². The number of carboxylic acids is 1. The first kappa shape index (κ1) is 13.0. The predicted molar refractivity (Wildman–Crippen MR) is 59.8 cm³/mol. The van der Waals surface area contributed by atoms with Crippen molar-refractivity contribution in [1.82, 2.24) is 4.90 Å². The van der Waals surface area contributed by atoms with Crippen molar-refractivity contribution in [3.05, 3.63) is 0 Å². The molecule has 0 spiro atoms. The van der Waals surface area contributed by atoms with Gasteiger partial charge in [0.2, 0.25) is 5.91 Å². The molecular formula is C11H20N2O3. The average molecular weight is 228 g/mol. The van der Waals surface area contributed by atoms with E-state index in [1.807, 2.05) is 0 Å². The lowest BCUT2D eigenvalue weighted by Gasteiger charge is -2.32. The Kier molecular flexibility index (Phi) is 4.73. The van der Waals surface area contributed by atoms with Crippen LogP contribution in [0, 0.1) is 5.92 Å². The van der Waals surface area contributed by atoms with Crippen LogP contribution in [0.25, 0.3) is 0 Å². The smallest absolute Gasteiger partial charge is 0.303 e. The molecule has 5 heteroatoms. The number of piperidine rings is 1. The minimum atomic E-state index is -0.786. The van der Waals surface area contributed by atoms with Gasteiger partial charge in [0.15, 0.2) is 0 Å². The molecule has 1 rings (SSSR count).